The zero-order valence-corrected chi connectivity index (χ0v) is 9.47. The topological polar surface area (TPSA) is 29.1 Å². The van der Waals surface area contributed by atoms with Crippen LogP contribution >= 0.6 is 11.6 Å². The molecule has 3 heteroatoms. The van der Waals surface area contributed by atoms with Gasteiger partial charge in [0, 0.05) is 30.5 Å². The highest BCUT2D eigenvalue weighted by Gasteiger charge is 2.21. The molecule has 0 aliphatic carbocycles. The Morgan fingerprint density at radius 1 is 1.47 bits per heavy atom. The molecular weight excluding hydrogens is 210 g/mol. The normalized spacial score (nSPS) is 21.7. The molecular formula is C12H14ClNO. The summed E-state index contributed by atoms with van der Waals surface area (Å²) < 4.78 is 0. The Bertz CT molecular complexity index is 389. The smallest absolute Gasteiger partial charge is 0.136 e. The quantitative estimate of drug-likeness (QED) is 0.793. The van der Waals surface area contributed by atoms with Crippen molar-refractivity contribution < 1.29 is 4.79 Å². The lowest BCUT2D eigenvalue weighted by molar-refractivity contribution is -0.120. The van der Waals surface area contributed by atoms with Gasteiger partial charge in [0.05, 0.1) is 0 Å². The molecule has 1 fully saturated rings. The number of carbonyl (C=O) groups excluding carboxylic acids is 1. The summed E-state index contributed by atoms with van der Waals surface area (Å²) in [6, 6.07) is 6.00. The maximum atomic E-state index is 11.4. The standard InChI is InChI=1S/C12H14ClNO/c1-8-6-9(13)2-3-11(8)12-7-10(15)4-5-14-12/h2-3,6,12,14H,4-5,7H2,1H3. The molecule has 1 aliphatic rings. The second-order valence-electron chi connectivity index (χ2n) is 4.00. The van der Waals surface area contributed by atoms with E-state index in [0.29, 0.717) is 18.6 Å². The van der Waals surface area contributed by atoms with Gasteiger partial charge in [-0.05, 0) is 30.2 Å². The lowest BCUT2D eigenvalue weighted by atomic mass is 9.93. The third-order valence-electron chi connectivity index (χ3n) is 2.83. The summed E-state index contributed by atoms with van der Waals surface area (Å²) >= 11 is 5.90. The first kappa shape index (κ1) is 10.7. The number of hydrogen-bond donors (Lipinski definition) is 1. The van der Waals surface area contributed by atoms with Crippen LogP contribution in [-0.4, -0.2) is 12.3 Å². The molecule has 1 aliphatic heterocycles. The van der Waals surface area contributed by atoms with Gasteiger partial charge in [-0.2, -0.15) is 0 Å². The molecule has 15 heavy (non-hydrogen) atoms. The van der Waals surface area contributed by atoms with Crippen molar-refractivity contribution in [2.24, 2.45) is 0 Å². The Morgan fingerprint density at radius 2 is 2.27 bits per heavy atom. The lowest BCUT2D eigenvalue weighted by Crippen LogP contribution is -2.32. The van der Waals surface area contributed by atoms with Crippen LogP contribution < -0.4 is 5.32 Å². The van der Waals surface area contributed by atoms with Crippen molar-refractivity contribution in [3.8, 4) is 0 Å². The van der Waals surface area contributed by atoms with Gasteiger partial charge >= 0.3 is 0 Å². The first-order chi connectivity index (χ1) is 7.16. The van der Waals surface area contributed by atoms with Gasteiger partial charge in [-0.3, -0.25) is 4.79 Å². The number of rotatable bonds is 1. The Labute approximate surface area is 94.6 Å². The summed E-state index contributed by atoms with van der Waals surface area (Å²) in [5.41, 5.74) is 2.34. The second kappa shape index (κ2) is 4.33. The van der Waals surface area contributed by atoms with E-state index >= 15 is 0 Å². The van der Waals surface area contributed by atoms with Gasteiger partial charge in [-0.1, -0.05) is 17.7 Å². The highest BCUT2D eigenvalue weighted by atomic mass is 35.5. The van der Waals surface area contributed by atoms with Gasteiger partial charge in [0.1, 0.15) is 5.78 Å². The Morgan fingerprint density at radius 3 is 2.93 bits per heavy atom. The number of carbonyl (C=O) groups is 1. The Hall–Kier alpha value is -0.860. The van der Waals surface area contributed by atoms with Crippen LogP contribution in [0, 0.1) is 6.92 Å². The molecule has 1 unspecified atom stereocenters. The molecule has 80 valence electrons. The van der Waals surface area contributed by atoms with Gasteiger partial charge in [0.15, 0.2) is 0 Å². The Balaban J connectivity index is 2.24. The summed E-state index contributed by atoms with van der Waals surface area (Å²) in [6.07, 6.45) is 1.26. The zero-order chi connectivity index (χ0) is 10.8. The van der Waals surface area contributed by atoms with E-state index < -0.39 is 0 Å². The number of aryl methyl sites for hydroxylation is 1. The zero-order valence-electron chi connectivity index (χ0n) is 8.72. The molecule has 0 spiro atoms. The minimum Gasteiger partial charge on any atom is -0.309 e. The van der Waals surface area contributed by atoms with E-state index in [1.54, 1.807) is 0 Å². The van der Waals surface area contributed by atoms with E-state index in [9.17, 15) is 4.79 Å². The summed E-state index contributed by atoms with van der Waals surface area (Å²) in [5.74, 6) is 0.341. The monoisotopic (exact) mass is 223 g/mol. The number of benzene rings is 1. The number of piperidine rings is 1. The van der Waals surface area contributed by atoms with Crippen molar-refractivity contribution in [2.45, 2.75) is 25.8 Å². The van der Waals surface area contributed by atoms with Crippen molar-refractivity contribution in [2.75, 3.05) is 6.54 Å². The maximum Gasteiger partial charge on any atom is 0.136 e. The molecule has 1 aromatic rings. The lowest BCUT2D eigenvalue weighted by Gasteiger charge is -2.24. The van der Waals surface area contributed by atoms with Crippen molar-refractivity contribution in [1.29, 1.82) is 0 Å². The Kier molecular flexibility index (Phi) is 3.08. The third-order valence-corrected chi connectivity index (χ3v) is 3.07. The number of halogens is 1. The predicted molar refractivity (Wildman–Crippen MR) is 61.2 cm³/mol. The molecule has 1 heterocycles. The van der Waals surface area contributed by atoms with E-state index in [2.05, 4.69) is 5.32 Å². The van der Waals surface area contributed by atoms with Gasteiger partial charge < -0.3 is 5.32 Å². The van der Waals surface area contributed by atoms with Crippen molar-refractivity contribution >= 4 is 17.4 Å². The first-order valence-corrected chi connectivity index (χ1v) is 5.56. The number of nitrogens with one attached hydrogen (secondary N) is 1. The third kappa shape index (κ3) is 2.39. The molecule has 1 atom stereocenters. The molecule has 0 radical (unpaired) electrons. The summed E-state index contributed by atoms with van der Waals surface area (Å²) in [6.45, 7) is 2.81. The molecule has 2 rings (SSSR count). The molecule has 0 saturated carbocycles. The van der Waals surface area contributed by atoms with Crippen molar-refractivity contribution in [3.05, 3.63) is 34.3 Å². The van der Waals surface area contributed by atoms with Gasteiger partial charge in [0.25, 0.3) is 0 Å². The molecule has 0 bridgehead atoms. The van der Waals surface area contributed by atoms with Crippen molar-refractivity contribution in [3.63, 3.8) is 0 Å². The van der Waals surface area contributed by atoms with Crippen LogP contribution in [0.5, 0.6) is 0 Å². The van der Waals surface area contributed by atoms with Crippen LogP contribution in [0.3, 0.4) is 0 Å². The highest BCUT2D eigenvalue weighted by molar-refractivity contribution is 6.30. The van der Waals surface area contributed by atoms with Crippen LogP contribution in [0.2, 0.25) is 5.02 Å². The number of ketones is 1. The summed E-state index contributed by atoms with van der Waals surface area (Å²) in [4.78, 5) is 11.4. The SMILES string of the molecule is Cc1cc(Cl)ccc1C1CC(=O)CCN1. The minimum atomic E-state index is 0.170. The number of hydrogen-bond acceptors (Lipinski definition) is 2. The average Bonchev–Trinajstić information content (AvgIpc) is 2.17. The van der Waals surface area contributed by atoms with Gasteiger partial charge in [0.2, 0.25) is 0 Å². The molecule has 0 amide bonds. The highest BCUT2D eigenvalue weighted by Crippen LogP contribution is 2.25. The van der Waals surface area contributed by atoms with E-state index in [4.69, 9.17) is 11.6 Å². The van der Waals surface area contributed by atoms with Crippen LogP contribution in [0.1, 0.15) is 30.0 Å². The van der Waals surface area contributed by atoms with Crippen LogP contribution in [-0.2, 0) is 4.79 Å². The van der Waals surface area contributed by atoms with E-state index in [-0.39, 0.29) is 6.04 Å². The van der Waals surface area contributed by atoms with Crippen LogP contribution in [0.15, 0.2) is 18.2 Å². The molecule has 1 N–H and O–H groups in total. The summed E-state index contributed by atoms with van der Waals surface area (Å²) in [5, 5.41) is 4.11. The minimum absolute atomic E-state index is 0.170. The largest absolute Gasteiger partial charge is 0.309 e. The fraction of sp³-hybridized carbons (Fsp3) is 0.417. The van der Waals surface area contributed by atoms with Gasteiger partial charge in [-0.25, -0.2) is 0 Å². The average molecular weight is 224 g/mol. The molecule has 1 aromatic carbocycles. The van der Waals surface area contributed by atoms with E-state index in [1.165, 1.54) is 5.56 Å². The van der Waals surface area contributed by atoms with Gasteiger partial charge in [-0.15, -0.1) is 0 Å². The fourth-order valence-electron chi connectivity index (χ4n) is 2.04. The van der Waals surface area contributed by atoms with Crippen LogP contribution in [0.25, 0.3) is 0 Å². The van der Waals surface area contributed by atoms with E-state index in [1.807, 2.05) is 25.1 Å². The molecule has 0 aromatic heterocycles. The molecule has 2 nitrogen and oxygen atoms in total. The van der Waals surface area contributed by atoms with Crippen LogP contribution in [0.4, 0.5) is 0 Å². The second-order valence-corrected chi connectivity index (χ2v) is 4.44. The van der Waals surface area contributed by atoms with E-state index in [0.717, 1.165) is 17.1 Å². The van der Waals surface area contributed by atoms with Crippen molar-refractivity contribution in [1.82, 2.24) is 5.32 Å². The number of Topliss-reactive ketones (excluding diaryl/α,β-unsaturated/α-hetero) is 1. The fourth-order valence-corrected chi connectivity index (χ4v) is 2.26. The molecule has 1 saturated heterocycles. The first-order valence-electron chi connectivity index (χ1n) is 5.18. The predicted octanol–water partition coefficient (Wildman–Crippen LogP) is 2.64. The summed E-state index contributed by atoms with van der Waals surface area (Å²) in [7, 11) is 0. The maximum absolute atomic E-state index is 11.4.